The second kappa shape index (κ2) is 9.02. The maximum Gasteiger partial charge on any atom is 0.255 e. The maximum atomic E-state index is 14.0. The van der Waals surface area contributed by atoms with E-state index in [2.05, 4.69) is 10.2 Å². The summed E-state index contributed by atoms with van der Waals surface area (Å²) in [5, 5.41) is 8.44. The number of carbonyl (C=O) groups is 2. The fourth-order valence-corrected chi connectivity index (χ4v) is 4.62. The van der Waals surface area contributed by atoms with Gasteiger partial charge in [-0.25, -0.2) is 0 Å². The molecule has 34 heavy (non-hydrogen) atoms. The molecule has 0 bridgehead atoms. The first-order valence-corrected chi connectivity index (χ1v) is 11.4. The average Bonchev–Trinajstić information content (AvgIpc) is 2.88. The third kappa shape index (κ3) is 4.01. The lowest BCUT2D eigenvalue weighted by Gasteiger charge is -2.42. The van der Waals surface area contributed by atoms with E-state index < -0.39 is 12.1 Å². The fraction of sp³-hybridized carbons (Fsp3) is 0.172. The van der Waals surface area contributed by atoms with Gasteiger partial charge in [-0.05, 0) is 49.2 Å². The Hall–Kier alpha value is -4.12. The number of rotatable bonds is 4. The minimum absolute atomic E-state index is 0.0798. The number of carbonyl (C=O) groups excluding carboxylic acids is 2. The van der Waals surface area contributed by atoms with Gasteiger partial charge in [0.15, 0.2) is 5.78 Å². The van der Waals surface area contributed by atoms with E-state index in [9.17, 15) is 9.59 Å². The van der Waals surface area contributed by atoms with E-state index in [-0.39, 0.29) is 11.7 Å². The Morgan fingerprint density at radius 2 is 1.44 bits per heavy atom. The molecule has 0 N–H and O–H groups in total. The van der Waals surface area contributed by atoms with Crippen LogP contribution >= 0.6 is 0 Å². The zero-order valence-corrected chi connectivity index (χ0v) is 19.2. The highest BCUT2D eigenvalue weighted by Gasteiger charge is 2.42. The molecule has 168 valence electrons. The zero-order chi connectivity index (χ0) is 23.7. The summed E-state index contributed by atoms with van der Waals surface area (Å²) < 4.78 is 0. The topological polar surface area (TPSA) is 63.2 Å². The summed E-state index contributed by atoms with van der Waals surface area (Å²) in [7, 11) is 0. The standard InChI is InChI=1S/C29H25N3O2/c1-19-9-13-21(14-10-19)28(33)26-18-23-6-3-4-7-24(23)27(25-8-5-17-30-31-25)32(26)29(34)22-15-11-20(2)12-16-22/h3-17,26-27H,18H2,1-2H3. The lowest BCUT2D eigenvalue weighted by molar-refractivity contribution is 0.0519. The Morgan fingerprint density at radius 3 is 2.09 bits per heavy atom. The molecular weight excluding hydrogens is 422 g/mol. The Labute approximate surface area is 199 Å². The number of hydrogen-bond donors (Lipinski definition) is 0. The van der Waals surface area contributed by atoms with Crippen molar-refractivity contribution in [2.24, 2.45) is 0 Å². The van der Waals surface area contributed by atoms with E-state index >= 15 is 0 Å². The van der Waals surface area contributed by atoms with Crippen LogP contribution in [-0.4, -0.2) is 32.8 Å². The van der Waals surface area contributed by atoms with Crippen LogP contribution in [0.2, 0.25) is 0 Å². The number of nitrogens with zero attached hydrogens (tertiary/aromatic N) is 3. The first-order valence-electron chi connectivity index (χ1n) is 11.4. The van der Waals surface area contributed by atoms with E-state index in [1.54, 1.807) is 11.1 Å². The van der Waals surface area contributed by atoms with Crippen LogP contribution in [0.4, 0.5) is 0 Å². The predicted octanol–water partition coefficient (Wildman–Crippen LogP) is 5.13. The molecule has 5 nitrogen and oxygen atoms in total. The summed E-state index contributed by atoms with van der Waals surface area (Å²) in [4.78, 5) is 29.6. The van der Waals surface area contributed by atoms with E-state index in [0.29, 0.717) is 23.2 Å². The normalized spacial score (nSPS) is 17.2. The molecule has 1 aliphatic heterocycles. The van der Waals surface area contributed by atoms with Crippen molar-refractivity contribution in [3.63, 3.8) is 0 Å². The van der Waals surface area contributed by atoms with Gasteiger partial charge in [-0.15, -0.1) is 0 Å². The van der Waals surface area contributed by atoms with Crippen LogP contribution in [0.3, 0.4) is 0 Å². The van der Waals surface area contributed by atoms with Gasteiger partial charge in [-0.1, -0.05) is 71.8 Å². The van der Waals surface area contributed by atoms with Gasteiger partial charge < -0.3 is 4.90 Å². The van der Waals surface area contributed by atoms with Crippen molar-refractivity contribution in [3.8, 4) is 0 Å². The highest BCUT2D eigenvalue weighted by molar-refractivity contribution is 6.05. The lowest BCUT2D eigenvalue weighted by Crippen LogP contribution is -2.51. The Balaban J connectivity index is 1.68. The van der Waals surface area contributed by atoms with E-state index in [4.69, 9.17) is 0 Å². The minimum atomic E-state index is -0.668. The molecule has 4 aromatic rings. The average molecular weight is 448 g/mol. The van der Waals surface area contributed by atoms with Gasteiger partial charge in [0.1, 0.15) is 12.1 Å². The molecule has 2 unspecified atom stereocenters. The number of fused-ring (bicyclic) bond motifs is 1. The quantitative estimate of drug-likeness (QED) is 0.407. The highest BCUT2D eigenvalue weighted by Crippen LogP contribution is 2.39. The third-order valence-corrected chi connectivity index (χ3v) is 6.42. The van der Waals surface area contributed by atoms with Crippen LogP contribution in [0.15, 0.2) is 91.1 Å². The molecule has 0 spiro atoms. The number of aromatic nitrogens is 2. The van der Waals surface area contributed by atoms with Crippen molar-refractivity contribution in [2.45, 2.75) is 32.4 Å². The van der Waals surface area contributed by atoms with Crippen LogP contribution in [0.1, 0.15) is 54.7 Å². The van der Waals surface area contributed by atoms with Crippen LogP contribution in [0, 0.1) is 13.8 Å². The van der Waals surface area contributed by atoms with Gasteiger partial charge in [0.05, 0.1) is 5.69 Å². The molecule has 5 heteroatoms. The first kappa shape index (κ1) is 21.7. The molecule has 0 radical (unpaired) electrons. The summed E-state index contributed by atoms with van der Waals surface area (Å²) in [6.45, 7) is 3.97. The Bertz CT molecular complexity index is 1330. The van der Waals surface area contributed by atoms with Crippen molar-refractivity contribution < 1.29 is 9.59 Å². The number of ketones is 1. The first-order chi connectivity index (χ1) is 16.5. The zero-order valence-electron chi connectivity index (χ0n) is 19.2. The molecule has 1 aromatic heterocycles. The van der Waals surface area contributed by atoms with Crippen molar-refractivity contribution in [2.75, 3.05) is 0 Å². The van der Waals surface area contributed by atoms with Gasteiger partial charge >= 0.3 is 0 Å². The molecule has 5 rings (SSSR count). The van der Waals surface area contributed by atoms with Crippen molar-refractivity contribution in [1.82, 2.24) is 15.1 Å². The summed E-state index contributed by atoms with van der Waals surface area (Å²) in [5.41, 5.74) is 5.92. The molecule has 0 saturated carbocycles. The second-order valence-corrected chi connectivity index (χ2v) is 8.78. The summed E-state index contributed by atoms with van der Waals surface area (Å²) in [6.07, 6.45) is 2.05. The lowest BCUT2D eigenvalue weighted by atomic mass is 9.83. The van der Waals surface area contributed by atoms with Gasteiger partial charge in [-0.2, -0.15) is 10.2 Å². The molecule has 1 aliphatic rings. The minimum Gasteiger partial charge on any atom is -0.315 e. The molecule has 2 atom stereocenters. The van der Waals surface area contributed by atoms with Gasteiger partial charge in [0.2, 0.25) is 0 Å². The molecule has 3 aromatic carbocycles. The third-order valence-electron chi connectivity index (χ3n) is 6.42. The van der Waals surface area contributed by atoms with E-state index in [1.165, 1.54) is 0 Å². The van der Waals surface area contributed by atoms with Gasteiger partial charge in [-0.3, -0.25) is 9.59 Å². The smallest absolute Gasteiger partial charge is 0.255 e. The number of benzene rings is 3. The van der Waals surface area contributed by atoms with Crippen LogP contribution in [0.25, 0.3) is 0 Å². The highest BCUT2D eigenvalue weighted by atomic mass is 16.2. The number of amides is 1. The number of hydrogen-bond acceptors (Lipinski definition) is 4. The SMILES string of the molecule is Cc1ccc(C(=O)C2Cc3ccccc3C(c3cccnn3)N2C(=O)c2ccc(C)cc2)cc1. The molecular formula is C29H25N3O2. The fourth-order valence-electron chi connectivity index (χ4n) is 4.62. The summed E-state index contributed by atoms with van der Waals surface area (Å²) >= 11 is 0. The van der Waals surface area contributed by atoms with Crippen LogP contribution in [0.5, 0.6) is 0 Å². The van der Waals surface area contributed by atoms with Gasteiger partial charge in [0.25, 0.3) is 5.91 Å². The van der Waals surface area contributed by atoms with Crippen molar-refractivity contribution >= 4 is 11.7 Å². The Kier molecular flexibility index (Phi) is 5.76. The molecule has 0 fully saturated rings. The molecule has 1 amide bonds. The van der Waals surface area contributed by atoms with Crippen LogP contribution in [-0.2, 0) is 6.42 Å². The van der Waals surface area contributed by atoms with E-state index in [0.717, 1.165) is 22.3 Å². The second-order valence-electron chi connectivity index (χ2n) is 8.78. The summed E-state index contributed by atoms with van der Waals surface area (Å²) in [5.74, 6) is -0.278. The number of aryl methyl sites for hydroxylation is 2. The van der Waals surface area contributed by atoms with Gasteiger partial charge in [0, 0.05) is 23.7 Å². The van der Waals surface area contributed by atoms with E-state index in [1.807, 2.05) is 98.8 Å². The summed E-state index contributed by atoms with van der Waals surface area (Å²) in [6, 6.07) is 25.4. The predicted molar refractivity (Wildman–Crippen MR) is 131 cm³/mol. The maximum absolute atomic E-state index is 14.0. The molecule has 0 saturated heterocycles. The number of Topliss-reactive ketones (excluding diaryl/α,β-unsaturated/α-hetero) is 1. The monoisotopic (exact) mass is 447 g/mol. The largest absolute Gasteiger partial charge is 0.315 e. The van der Waals surface area contributed by atoms with Crippen molar-refractivity contribution in [3.05, 3.63) is 130 Å². The van der Waals surface area contributed by atoms with Crippen LogP contribution < -0.4 is 0 Å². The Morgan fingerprint density at radius 1 is 0.794 bits per heavy atom. The molecule has 2 heterocycles. The van der Waals surface area contributed by atoms with Crippen molar-refractivity contribution in [1.29, 1.82) is 0 Å². The molecule has 0 aliphatic carbocycles.